The Morgan fingerprint density at radius 2 is 1.18 bits per heavy atom. The van der Waals surface area contributed by atoms with Crippen molar-refractivity contribution >= 4 is 17.9 Å². The van der Waals surface area contributed by atoms with Gasteiger partial charge in [0, 0.05) is 0 Å². The molecular weight excluding hydrogens is 175 g/mol. The maximum atomic E-state index is 6.34. The molecule has 2 heteroatoms. The predicted molar refractivity (Wildman–Crippen MR) is 58.0 cm³/mol. The lowest BCUT2D eigenvalue weighted by atomic mass is 10.7. The topological polar surface area (TPSA) is 0 Å². The van der Waals surface area contributed by atoms with E-state index >= 15 is 0 Å². The molecule has 0 bridgehead atoms. The highest BCUT2D eigenvalue weighted by atomic mass is 35.7. The van der Waals surface area contributed by atoms with Crippen molar-refractivity contribution in [1.82, 2.24) is 0 Å². The van der Waals surface area contributed by atoms with E-state index in [-0.39, 0.29) is 0 Å². The minimum absolute atomic E-state index is 0.909. The monoisotopic (exact) mass is 189 g/mol. The highest BCUT2D eigenvalue weighted by molar-refractivity contribution is 7.99. The number of hydrogen-bond acceptors (Lipinski definition) is 0. The first-order chi connectivity index (χ1) is 5.18. The van der Waals surface area contributed by atoms with Crippen molar-refractivity contribution in [3.63, 3.8) is 0 Å². The van der Waals surface area contributed by atoms with Gasteiger partial charge in [0.05, 0.1) is 29.7 Å². The molecule has 0 aromatic carbocycles. The third kappa shape index (κ3) is 4.40. The van der Waals surface area contributed by atoms with Gasteiger partial charge in [0.15, 0.2) is 0 Å². The third-order valence-corrected chi connectivity index (χ3v) is 5.35. The van der Waals surface area contributed by atoms with Crippen LogP contribution < -0.4 is 0 Å². The number of rotatable bonds is 6. The van der Waals surface area contributed by atoms with Crippen LogP contribution in [-0.4, -0.2) is 18.5 Å². The maximum Gasteiger partial charge on any atom is 0.125 e. The highest BCUT2D eigenvalue weighted by Gasteiger charge is 2.30. The van der Waals surface area contributed by atoms with Gasteiger partial charge in [-0.25, -0.2) is 0 Å². The second kappa shape index (κ2) is 5.57. The minimum atomic E-state index is -1.35. The van der Waals surface area contributed by atoms with Crippen molar-refractivity contribution in [1.29, 1.82) is 0 Å². The molecule has 0 radical (unpaired) electrons. The van der Waals surface area contributed by atoms with Crippen LogP contribution in [0.5, 0.6) is 0 Å². The van der Waals surface area contributed by atoms with E-state index in [2.05, 4.69) is 19.7 Å². The summed E-state index contributed by atoms with van der Waals surface area (Å²) in [7, 11) is 0. The van der Waals surface area contributed by atoms with Gasteiger partial charge in [-0.3, -0.25) is 0 Å². The normalized spacial score (nSPS) is 10.6. The van der Waals surface area contributed by atoms with Gasteiger partial charge >= 0.3 is 0 Å². The summed E-state index contributed by atoms with van der Waals surface area (Å²) in [5, 5.41) is 0. The summed E-state index contributed by atoms with van der Waals surface area (Å²) in [5.41, 5.74) is 0. The fraction of sp³-hybridized carbons (Fsp3) is 0.333. The Labute approximate surface area is 74.8 Å². The molecule has 0 aliphatic heterocycles. The van der Waals surface area contributed by atoms with E-state index in [4.69, 9.17) is 11.2 Å². The fourth-order valence-electron chi connectivity index (χ4n) is 0.918. The van der Waals surface area contributed by atoms with Gasteiger partial charge in [0.2, 0.25) is 0 Å². The van der Waals surface area contributed by atoms with E-state index in [9.17, 15) is 0 Å². The van der Waals surface area contributed by atoms with Crippen LogP contribution in [0.3, 0.4) is 0 Å². The summed E-state index contributed by atoms with van der Waals surface area (Å²) in [5.74, 6) is 0. The van der Waals surface area contributed by atoms with E-state index < -0.39 is 6.62 Å². The van der Waals surface area contributed by atoms with Gasteiger partial charge in [-0.05, 0) is 0 Å². The Morgan fingerprint density at radius 1 is 0.909 bits per heavy atom. The molecule has 0 heterocycles. The minimum Gasteiger partial charge on any atom is -0.0994 e. The van der Waals surface area contributed by atoms with E-state index in [0.717, 1.165) is 18.5 Å². The van der Waals surface area contributed by atoms with Crippen LogP contribution in [0.1, 0.15) is 0 Å². The molecule has 0 unspecified atom stereocenters. The van der Waals surface area contributed by atoms with Crippen molar-refractivity contribution in [2.24, 2.45) is 0 Å². The van der Waals surface area contributed by atoms with Gasteiger partial charge in [-0.1, -0.05) is 38.0 Å². The lowest BCUT2D eigenvalue weighted by Gasteiger charge is -2.12. The van der Waals surface area contributed by atoms with E-state index in [1.165, 1.54) is 0 Å². The van der Waals surface area contributed by atoms with Crippen molar-refractivity contribution in [2.45, 2.75) is 0 Å². The van der Waals surface area contributed by atoms with Crippen molar-refractivity contribution in [3.8, 4) is 0 Å². The van der Waals surface area contributed by atoms with Crippen LogP contribution >= 0.6 is 17.9 Å². The summed E-state index contributed by atoms with van der Waals surface area (Å²) < 4.78 is 0. The molecule has 0 spiro atoms. The van der Waals surface area contributed by atoms with E-state index in [0.29, 0.717) is 0 Å². The largest absolute Gasteiger partial charge is 0.125 e. The van der Waals surface area contributed by atoms with Gasteiger partial charge in [0.25, 0.3) is 0 Å². The molecule has 0 aliphatic rings. The van der Waals surface area contributed by atoms with Gasteiger partial charge in [-0.2, -0.15) is 0 Å². The third-order valence-electron chi connectivity index (χ3n) is 1.37. The standard InChI is InChI=1S/C9H15ClP/c1-4-7-11(10,8-5-2)9-6-3/h4-6H,1-3,7-9H2/q+1. The van der Waals surface area contributed by atoms with Crippen molar-refractivity contribution < 1.29 is 0 Å². The molecule has 0 aromatic rings. The average Bonchev–Trinajstić information content (AvgIpc) is 1.88. The zero-order valence-electron chi connectivity index (χ0n) is 6.80. The SMILES string of the molecule is C=CC[P+](Cl)(CC=C)CC=C. The molecule has 0 rings (SSSR count). The number of allylic oxidation sites excluding steroid dienone is 3. The van der Waals surface area contributed by atoms with Crippen LogP contribution in [0, 0.1) is 0 Å². The molecule has 0 amide bonds. The van der Waals surface area contributed by atoms with Crippen molar-refractivity contribution in [2.75, 3.05) is 18.5 Å². The zero-order chi connectivity index (χ0) is 8.74. The van der Waals surface area contributed by atoms with Crippen LogP contribution in [0.25, 0.3) is 0 Å². The van der Waals surface area contributed by atoms with Crippen molar-refractivity contribution in [3.05, 3.63) is 38.0 Å². The van der Waals surface area contributed by atoms with Crippen LogP contribution in [-0.2, 0) is 0 Å². The fourth-order valence-corrected chi connectivity index (χ4v) is 3.63. The van der Waals surface area contributed by atoms with Crippen LogP contribution in [0.15, 0.2) is 38.0 Å². The van der Waals surface area contributed by atoms with E-state index in [1.807, 2.05) is 18.2 Å². The Morgan fingerprint density at radius 3 is 1.36 bits per heavy atom. The Bertz CT molecular complexity index is 125. The molecule has 0 aliphatic carbocycles. The second-order valence-corrected chi connectivity index (χ2v) is 7.75. The molecule has 0 atom stereocenters. The van der Waals surface area contributed by atoms with Gasteiger partial charge < -0.3 is 0 Å². The molecule has 0 saturated carbocycles. The summed E-state index contributed by atoms with van der Waals surface area (Å²) in [4.78, 5) is 0. The quantitative estimate of drug-likeness (QED) is 0.441. The predicted octanol–water partition coefficient (Wildman–Crippen LogP) is 3.72. The molecule has 0 N–H and O–H groups in total. The average molecular weight is 190 g/mol. The Balaban J connectivity index is 4.09. The number of hydrogen-bond donors (Lipinski definition) is 0. The smallest absolute Gasteiger partial charge is 0.0994 e. The molecule has 62 valence electrons. The maximum absolute atomic E-state index is 6.34. The zero-order valence-corrected chi connectivity index (χ0v) is 8.45. The Hall–Kier alpha value is -0.0600. The summed E-state index contributed by atoms with van der Waals surface area (Å²) in [6.45, 7) is 9.70. The second-order valence-electron chi connectivity index (χ2n) is 2.44. The van der Waals surface area contributed by atoms with Crippen LogP contribution in [0.2, 0.25) is 0 Å². The highest BCUT2D eigenvalue weighted by Crippen LogP contribution is 2.63. The molecule has 0 nitrogen and oxygen atoms in total. The lowest BCUT2D eigenvalue weighted by molar-refractivity contribution is 1.57. The first kappa shape index (κ1) is 10.9. The van der Waals surface area contributed by atoms with Gasteiger partial charge in [0.1, 0.15) is 6.62 Å². The molecule has 11 heavy (non-hydrogen) atoms. The van der Waals surface area contributed by atoms with Crippen LogP contribution in [0.4, 0.5) is 0 Å². The summed E-state index contributed by atoms with van der Waals surface area (Å²) >= 11 is 6.34. The molecular formula is C9H15ClP+. The number of halogens is 1. The summed E-state index contributed by atoms with van der Waals surface area (Å²) in [6.07, 6.45) is 8.38. The lowest BCUT2D eigenvalue weighted by Crippen LogP contribution is -1.96. The molecule has 0 saturated heterocycles. The molecule has 0 fully saturated rings. The van der Waals surface area contributed by atoms with Gasteiger partial charge in [-0.15, -0.1) is 0 Å². The summed E-state index contributed by atoms with van der Waals surface area (Å²) in [6, 6.07) is 0. The first-order valence-corrected chi connectivity index (χ1v) is 6.82. The molecule has 0 aromatic heterocycles. The van der Waals surface area contributed by atoms with E-state index in [1.54, 1.807) is 0 Å². The first-order valence-electron chi connectivity index (χ1n) is 3.57. The Kier molecular flexibility index (Phi) is 5.54.